The predicted octanol–water partition coefficient (Wildman–Crippen LogP) is 2.75. The third-order valence-corrected chi connectivity index (χ3v) is 4.47. The lowest BCUT2D eigenvalue weighted by Gasteiger charge is -2.18. The molecule has 0 bridgehead atoms. The number of amides is 1. The average molecular weight is 426 g/mol. The Labute approximate surface area is 164 Å². The van der Waals surface area contributed by atoms with Crippen LogP contribution in [0.15, 0.2) is 82.5 Å². The number of hydrogen-bond donors (Lipinski definition) is 1. The summed E-state index contributed by atoms with van der Waals surface area (Å²) in [5, 5.41) is 2.72. The molecule has 0 radical (unpaired) electrons. The number of ketones is 1. The summed E-state index contributed by atoms with van der Waals surface area (Å²) in [6.07, 6.45) is 4.70. The zero-order valence-electron chi connectivity index (χ0n) is 14.2. The number of rotatable bonds is 6. The van der Waals surface area contributed by atoms with Crippen molar-refractivity contribution in [3.8, 4) is 0 Å². The van der Waals surface area contributed by atoms with E-state index in [1.54, 1.807) is 54.9 Å². The molecule has 0 unspecified atom stereocenters. The van der Waals surface area contributed by atoms with E-state index < -0.39 is 23.3 Å². The number of carbonyl (C=O) groups excluding carboxylic acids is 2. The molecule has 0 aliphatic carbocycles. The zero-order valence-corrected chi connectivity index (χ0v) is 15.8. The largest absolute Gasteiger partial charge is 0.350 e. The van der Waals surface area contributed by atoms with Crippen LogP contribution in [0.3, 0.4) is 0 Å². The van der Waals surface area contributed by atoms with Gasteiger partial charge in [-0.2, -0.15) is 0 Å². The molecule has 0 saturated heterocycles. The van der Waals surface area contributed by atoms with E-state index in [2.05, 4.69) is 26.2 Å². The van der Waals surface area contributed by atoms with Crippen LogP contribution in [0.2, 0.25) is 0 Å². The predicted molar refractivity (Wildman–Crippen MR) is 104 cm³/mol. The second-order valence-electron chi connectivity index (χ2n) is 5.80. The van der Waals surface area contributed by atoms with Gasteiger partial charge in [0.1, 0.15) is 0 Å². The van der Waals surface area contributed by atoms with Crippen LogP contribution < -0.4 is 10.9 Å². The molecule has 0 aliphatic heterocycles. The quantitative estimate of drug-likeness (QED) is 0.486. The highest BCUT2D eigenvalue weighted by molar-refractivity contribution is 9.10. The lowest BCUT2D eigenvalue weighted by molar-refractivity contribution is -0.123. The molecule has 1 N–H and O–H groups in total. The summed E-state index contributed by atoms with van der Waals surface area (Å²) < 4.78 is 1.96. The van der Waals surface area contributed by atoms with Gasteiger partial charge < -0.3 is 5.32 Å². The van der Waals surface area contributed by atoms with Crippen molar-refractivity contribution in [2.24, 2.45) is 0 Å². The molecule has 3 rings (SSSR count). The standard InChI is InChI=1S/C20H16BrN3O3/c21-16-8-6-15(7-9-16)19(26)18(24-11-2-1-5-17(24)25)20(27)23-13-14-4-3-10-22-12-14/h1-12,18H,13H2,(H,23,27)/t18-/m0/s1. The highest BCUT2D eigenvalue weighted by Gasteiger charge is 2.29. The van der Waals surface area contributed by atoms with Gasteiger partial charge in [-0.15, -0.1) is 0 Å². The maximum Gasteiger partial charge on any atom is 0.251 e. The Balaban J connectivity index is 1.91. The van der Waals surface area contributed by atoms with Gasteiger partial charge in [-0.25, -0.2) is 0 Å². The molecular formula is C20H16BrN3O3. The first-order chi connectivity index (χ1) is 13.1. The molecule has 0 saturated carbocycles. The monoisotopic (exact) mass is 425 g/mol. The smallest absolute Gasteiger partial charge is 0.251 e. The van der Waals surface area contributed by atoms with Gasteiger partial charge in [0, 0.05) is 41.2 Å². The number of pyridine rings is 2. The second-order valence-corrected chi connectivity index (χ2v) is 6.71. The minimum absolute atomic E-state index is 0.207. The average Bonchev–Trinajstić information content (AvgIpc) is 2.69. The van der Waals surface area contributed by atoms with Crippen LogP contribution in [0.4, 0.5) is 0 Å². The van der Waals surface area contributed by atoms with Crippen molar-refractivity contribution in [3.05, 3.63) is 99.1 Å². The lowest BCUT2D eigenvalue weighted by Crippen LogP contribution is -2.41. The van der Waals surface area contributed by atoms with E-state index in [0.29, 0.717) is 5.56 Å². The van der Waals surface area contributed by atoms with Crippen molar-refractivity contribution in [1.29, 1.82) is 0 Å². The van der Waals surface area contributed by atoms with Gasteiger partial charge in [-0.3, -0.25) is 23.9 Å². The third kappa shape index (κ3) is 4.57. The van der Waals surface area contributed by atoms with Crippen molar-refractivity contribution in [3.63, 3.8) is 0 Å². The minimum Gasteiger partial charge on any atom is -0.350 e. The number of halogens is 1. The van der Waals surface area contributed by atoms with E-state index in [0.717, 1.165) is 14.6 Å². The van der Waals surface area contributed by atoms with Crippen molar-refractivity contribution in [2.75, 3.05) is 0 Å². The van der Waals surface area contributed by atoms with E-state index in [4.69, 9.17) is 0 Å². The lowest BCUT2D eigenvalue weighted by atomic mass is 10.0. The molecule has 1 atom stereocenters. The maximum absolute atomic E-state index is 13.0. The molecule has 2 aromatic heterocycles. The van der Waals surface area contributed by atoms with Crippen LogP contribution in [0, 0.1) is 0 Å². The molecule has 1 aromatic carbocycles. The molecule has 0 aliphatic rings. The van der Waals surface area contributed by atoms with E-state index in [9.17, 15) is 14.4 Å². The first-order valence-corrected chi connectivity index (χ1v) is 8.99. The van der Waals surface area contributed by atoms with Crippen LogP contribution in [0.25, 0.3) is 0 Å². The molecule has 1 amide bonds. The Kier molecular flexibility index (Phi) is 5.93. The van der Waals surface area contributed by atoms with Crippen molar-refractivity contribution in [2.45, 2.75) is 12.6 Å². The highest BCUT2D eigenvalue weighted by atomic mass is 79.9. The van der Waals surface area contributed by atoms with Gasteiger partial charge in [0.05, 0.1) is 0 Å². The summed E-state index contributed by atoms with van der Waals surface area (Å²) in [6, 6.07) is 13.4. The van der Waals surface area contributed by atoms with Gasteiger partial charge in [0.15, 0.2) is 11.8 Å². The first kappa shape index (κ1) is 18.7. The van der Waals surface area contributed by atoms with Crippen LogP contribution in [-0.4, -0.2) is 21.2 Å². The molecule has 7 heteroatoms. The van der Waals surface area contributed by atoms with Crippen LogP contribution in [0.1, 0.15) is 22.0 Å². The Morgan fingerprint density at radius 1 is 1.07 bits per heavy atom. The summed E-state index contributed by atoms with van der Waals surface area (Å²) in [4.78, 5) is 42.1. The number of Topliss-reactive ketones (excluding diaryl/α,β-unsaturated/α-hetero) is 1. The number of nitrogens with zero attached hydrogens (tertiary/aromatic N) is 2. The van der Waals surface area contributed by atoms with Gasteiger partial charge in [-0.05, 0) is 29.8 Å². The van der Waals surface area contributed by atoms with E-state index in [-0.39, 0.29) is 6.54 Å². The van der Waals surface area contributed by atoms with Gasteiger partial charge in [-0.1, -0.05) is 40.2 Å². The maximum atomic E-state index is 13.0. The van der Waals surface area contributed by atoms with E-state index >= 15 is 0 Å². The molecule has 0 fully saturated rings. The van der Waals surface area contributed by atoms with Gasteiger partial charge in [0.2, 0.25) is 0 Å². The normalized spacial score (nSPS) is 11.6. The Bertz CT molecular complexity index is 1000. The minimum atomic E-state index is -1.29. The molecule has 3 aromatic rings. The number of nitrogens with one attached hydrogen (secondary N) is 1. The second kappa shape index (κ2) is 8.55. The summed E-state index contributed by atoms with van der Waals surface area (Å²) in [5.41, 5.74) is 0.709. The number of benzene rings is 1. The fourth-order valence-corrected chi connectivity index (χ4v) is 2.85. The summed E-state index contributed by atoms with van der Waals surface area (Å²) in [7, 11) is 0. The highest BCUT2D eigenvalue weighted by Crippen LogP contribution is 2.17. The molecule has 0 spiro atoms. The third-order valence-electron chi connectivity index (χ3n) is 3.94. The van der Waals surface area contributed by atoms with Crippen molar-refractivity contribution < 1.29 is 9.59 Å². The fraction of sp³-hybridized carbons (Fsp3) is 0.100. The SMILES string of the molecule is O=C(NCc1cccnc1)[C@H](C(=O)c1ccc(Br)cc1)n1ccccc1=O. The number of hydrogen-bond acceptors (Lipinski definition) is 4. The Morgan fingerprint density at radius 2 is 1.85 bits per heavy atom. The molecule has 6 nitrogen and oxygen atoms in total. The van der Waals surface area contributed by atoms with Crippen LogP contribution in [-0.2, 0) is 11.3 Å². The summed E-state index contributed by atoms with van der Waals surface area (Å²) in [6.45, 7) is 0.207. The molecule has 2 heterocycles. The fourth-order valence-electron chi connectivity index (χ4n) is 2.59. The van der Waals surface area contributed by atoms with E-state index in [1.807, 2.05) is 6.07 Å². The number of aromatic nitrogens is 2. The molecule has 27 heavy (non-hydrogen) atoms. The van der Waals surface area contributed by atoms with Gasteiger partial charge >= 0.3 is 0 Å². The summed E-state index contributed by atoms with van der Waals surface area (Å²) in [5.74, 6) is -1.01. The van der Waals surface area contributed by atoms with E-state index in [1.165, 1.54) is 12.3 Å². The zero-order chi connectivity index (χ0) is 19.2. The Morgan fingerprint density at radius 3 is 2.52 bits per heavy atom. The van der Waals surface area contributed by atoms with Gasteiger partial charge in [0.25, 0.3) is 11.5 Å². The molecule has 136 valence electrons. The van der Waals surface area contributed by atoms with Crippen LogP contribution in [0.5, 0.6) is 0 Å². The Hall–Kier alpha value is -3.06. The molecular weight excluding hydrogens is 410 g/mol. The number of carbonyl (C=O) groups is 2. The van der Waals surface area contributed by atoms with Crippen molar-refractivity contribution >= 4 is 27.6 Å². The summed E-state index contributed by atoms with van der Waals surface area (Å²) >= 11 is 3.32. The van der Waals surface area contributed by atoms with Crippen molar-refractivity contribution in [1.82, 2.24) is 14.9 Å². The first-order valence-electron chi connectivity index (χ1n) is 8.20. The van der Waals surface area contributed by atoms with Crippen LogP contribution >= 0.6 is 15.9 Å². The topological polar surface area (TPSA) is 81.1 Å².